The summed E-state index contributed by atoms with van der Waals surface area (Å²) in [5.41, 5.74) is 9.24. The van der Waals surface area contributed by atoms with Gasteiger partial charge in [-0.05, 0) is 46.9 Å². The predicted octanol–water partition coefficient (Wildman–Crippen LogP) is 4.66. The summed E-state index contributed by atoms with van der Waals surface area (Å²) < 4.78 is 2.17. The molecule has 2 nitrogen and oxygen atoms in total. The number of aryl methyl sites for hydroxylation is 2. The Kier molecular flexibility index (Phi) is 3.30. The van der Waals surface area contributed by atoms with Gasteiger partial charge in [0.05, 0.1) is 17.2 Å². The summed E-state index contributed by atoms with van der Waals surface area (Å²) in [6.07, 6.45) is 2.09. The van der Waals surface area contributed by atoms with E-state index < -0.39 is 0 Å². The number of fused-ring (bicyclic) bond motifs is 3. The fourth-order valence-corrected chi connectivity index (χ4v) is 4.36. The molecule has 0 bridgehead atoms. The highest BCUT2D eigenvalue weighted by atomic mass is 14.9. The van der Waals surface area contributed by atoms with Gasteiger partial charge in [0, 0.05) is 17.5 Å². The number of nitrogens with zero attached hydrogens (tertiary/aromatic N) is 2. The van der Waals surface area contributed by atoms with Crippen LogP contribution in [0.1, 0.15) is 36.1 Å². The molecule has 2 aromatic carbocycles. The van der Waals surface area contributed by atoms with Crippen LogP contribution in [0, 0.1) is 18.3 Å². The summed E-state index contributed by atoms with van der Waals surface area (Å²) in [5.74, 6) is 0. The first-order valence-electron chi connectivity index (χ1n) is 8.60. The molecule has 0 fully saturated rings. The van der Waals surface area contributed by atoms with E-state index >= 15 is 0 Å². The number of aromatic nitrogens is 1. The first-order valence-corrected chi connectivity index (χ1v) is 8.60. The quantitative estimate of drug-likeness (QED) is 0.598. The van der Waals surface area contributed by atoms with Crippen LogP contribution < -0.4 is 4.57 Å². The highest BCUT2D eigenvalue weighted by Crippen LogP contribution is 2.53. The van der Waals surface area contributed by atoms with E-state index in [0.29, 0.717) is 0 Å². The van der Waals surface area contributed by atoms with Crippen LogP contribution in [0.4, 0.5) is 0 Å². The Hall–Kier alpha value is -2.92. The van der Waals surface area contributed by atoms with Crippen LogP contribution in [0.2, 0.25) is 0 Å². The van der Waals surface area contributed by atoms with Crippen molar-refractivity contribution in [1.82, 2.24) is 0 Å². The van der Waals surface area contributed by atoms with E-state index in [0.717, 1.165) is 11.1 Å². The van der Waals surface area contributed by atoms with Crippen LogP contribution in [0.3, 0.4) is 0 Å². The molecule has 2 heteroatoms. The molecule has 25 heavy (non-hydrogen) atoms. The van der Waals surface area contributed by atoms with E-state index in [2.05, 4.69) is 81.1 Å². The highest BCUT2D eigenvalue weighted by molar-refractivity contribution is 5.89. The minimum absolute atomic E-state index is 0.207. The Morgan fingerprint density at radius 2 is 1.68 bits per heavy atom. The van der Waals surface area contributed by atoms with Crippen molar-refractivity contribution in [3.05, 3.63) is 77.0 Å². The van der Waals surface area contributed by atoms with Crippen LogP contribution in [-0.2, 0) is 12.5 Å². The van der Waals surface area contributed by atoms with Gasteiger partial charge in [0.25, 0.3) is 0 Å². The molecule has 0 saturated heterocycles. The van der Waals surface area contributed by atoms with Gasteiger partial charge in [0.1, 0.15) is 7.05 Å². The first kappa shape index (κ1) is 15.6. The van der Waals surface area contributed by atoms with Crippen molar-refractivity contribution in [2.75, 3.05) is 0 Å². The van der Waals surface area contributed by atoms with Crippen LogP contribution in [0.25, 0.3) is 22.4 Å². The molecule has 0 amide bonds. The van der Waals surface area contributed by atoms with Gasteiger partial charge < -0.3 is 0 Å². The average Bonchev–Trinajstić information content (AvgIpc) is 2.84. The second kappa shape index (κ2) is 5.29. The van der Waals surface area contributed by atoms with Crippen molar-refractivity contribution in [2.45, 2.75) is 26.2 Å². The molecule has 4 rings (SSSR count). The molecule has 0 N–H and O–H groups in total. The minimum Gasteiger partial charge on any atom is -0.201 e. The Morgan fingerprint density at radius 3 is 2.40 bits per heavy atom. The fraction of sp³-hybridized carbons (Fsp3) is 0.217. The number of pyridine rings is 1. The molecule has 0 unspecified atom stereocenters. The molecule has 3 aromatic rings. The average molecular weight is 325 g/mol. The lowest BCUT2D eigenvalue weighted by atomic mass is 9.77. The minimum atomic E-state index is -0.207. The van der Waals surface area contributed by atoms with Crippen LogP contribution in [0.15, 0.2) is 54.7 Å². The van der Waals surface area contributed by atoms with Crippen molar-refractivity contribution >= 4 is 0 Å². The standard InChI is InChI=1S/C23H21N2/c1-15-11-12-18-17-9-7-8-16(14-24)21(17)23(2,3)22(18)20(15)19-10-5-6-13-25(19)4/h5-13H,1-4H3/q+1. The van der Waals surface area contributed by atoms with Gasteiger partial charge in [-0.2, -0.15) is 5.26 Å². The van der Waals surface area contributed by atoms with Crippen molar-refractivity contribution in [3.63, 3.8) is 0 Å². The normalized spacial score (nSPS) is 13.9. The van der Waals surface area contributed by atoms with Gasteiger partial charge in [-0.15, -0.1) is 0 Å². The van der Waals surface area contributed by atoms with Crippen LogP contribution in [0.5, 0.6) is 0 Å². The Labute approximate surface area is 149 Å². The summed E-state index contributed by atoms with van der Waals surface area (Å²) in [6.45, 7) is 6.65. The lowest BCUT2D eigenvalue weighted by Gasteiger charge is -2.25. The van der Waals surface area contributed by atoms with Gasteiger partial charge in [-0.3, -0.25) is 0 Å². The topological polar surface area (TPSA) is 27.7 Å². The molecule has 1 aromatic heterocycles. The van der Waals surface area contributed by atoms with Gasteiger partial charge in [0.2, 0.25) is 5.69 Å². The molecule has 0 radical (unpaired) electrons. The monoisotopic (exact) mass is 325 g/mol. The molecule has 1 aliphatic carbocycles. The second-order valence-corrected chi connectivity index (χ2v) is 7.34. The largest absolute Gasteiger partial charge is 0.212 e. The molecule has 1 heterocycles. The molecule has 0 spiro atoms. The number of nitriles is 1. The lowest BCUT2D eigenvalue weighted by molar-refractivity contribution is -0.660. The second-order valence-electron chi connectivity index (χ2n) is 7.34. The smallest absolute Gasteiger partial charge is 0.201 e. The summed E-state index contributed by atoms with van der Waals surface area (Å²) in [7, 11) is 2.09. The zero-order valence-electron chi connectivity index (χ0n) is 15.1. The summed E-state index contributed by atoms with van der Waals surface area (Å²) in [6, 6.07) is 19.2. The Balaban J connectivity index is 2.14. The van der Waals surface area contributed by atoms with E-state index in [-0.39, 0.29) is 5.41 Å². The molecule has 122 valence electrons. The predicted molar refractivity (Wildman–Crippen MR) is 100 cm³/mol. The molecule has 0 atom stereocenters. The van der Waals surface area contributed by atoms with Crippen LogP contribution in [-0.4, -0.2) is 0 Å². The Bertz CT molecular complexity index is 1050. The maximum atomic E-state index is 9.64. The van der Waals surface area contributed by atoms with E-state index in [1.807, 2.05) is 12.1 Å². The molecule has 0 saturated carbocycles. The van der Waals surface area contributed by atoms with Gasteiger partial charge >= 0.3 is 0 Å². The van der Waals surface area contributed by atoms with Crippen molar-refractivity contribution in [1.29, 1.82) is 5.26 Å². The zero-order chi connectivity index (χ0) is 17.8. The third-order valence-electron chi connectivity index (χ3n) is 5.45. The van der Waals surface area contributed by atoms with E-state index in [1.54, 1.807) is 0 Å². The third kappa shape index (κ3) is 2.06. The van der Waals surface area contributed by atoms with Crippen molar-refractivity contribution in [3.8, 4) is 28.5 Å². The van der Waals surface area contributed by atoms with Gasteiger partial charge in [0.15, 0.2) is 6.20 Å². The summed E-state index contributed by atoms with van der Waals surface area (Å²) in [4.78, 5) is 0. The summed E-state index contributed by atoms with van der Waals surface area (Å²) in [5, 5.41) is 9.64. The van der Waals surface area contributed by atoms with E-state index in [9.17, 15) is 5.26 Å². The number of benzene rings is 2. The number of hydrogen-bond acceptors (Lipinski definition) is 1. The maximum absolute atomic E-state index is 9.64. The molecule has 0 aliphatic heterocycles. The number of hydrogen-bond donors (Lipinski definition) is 0. The van der Waals surface area contributed by atoms with Gasteiger partial charge in [-0.1, -0.05) is 38.1 Å². The lowest BCUT2D eigenvalue weighted by Crippen LogP contribution is -2.31. The van der Waals surface area contributed by atoms with E-state index in [4.69, 9.17) is 0 Å². The van der Waals surface area contributed by atoms with E-state index in [1.165, 1.54) is 33.5 Å². The number of rotatable bonds is 1. The Morgan fingerprint density at radius 1 is 0.920 bits per heavy atom. The first-order chi connectivity index (χ1) is 12.0. The van der Waals surface area contributed by atoms with Crippen LogP contribution >= 0.6 is 0 Å². The highest BCUT2D eigenvalue weighted by Gasteiger charge is 2.41. The van der Waals surface area contributed by atoms with Crippen molar-refractivity contribution < 1.29 is 4.57 Å². The van der Waals surface area contributed by atoms with Gasteiger partial charge in [-0.25, -0.2) is 4.57 Å². The maximum Gasteiger partial charge on any atom is 0.212 e. The molecule has 1 aliphatic rings. The summed E-state index contributed by atoms with van der Waals surface area (Å²) >= 11 is 0. The SMILES string of the molecule is Cc1ccc2c(c1-c1cccc[n+]1C)C(C)(C)c1c(C#N)cccc1-2. The molecular formula is C23H21N2+. The molecular weight excluding hydrogens is 304 g/mol. The van der Waals surface area contributed by atoms with Crippen molar-refractivity contribution in [2.24, 2.45) is 7.05 Å². The zero-order valence-corrected chi connectivity index (χ0v) is 15.1. The third-order valence-corrected chi connectivity index (χ3v) is 5.45. The fourth-order valence-electron chi connectivity index (χ4n) is 4.36.